The van der Waals surface area contributed by atoms with Crippen LogP contribution >= 0.6 is 0 Å². The fourth-order valence-electron chi connectivity index (χ4n) is 5.34. The Morgan fingerprint density at radius 1 is 0.760 bits per heavy atom. The Labute approximate surface area is 149 Å². The van der Waals surface area contributed by atoms with E-state index in [1.165, 1.54) is 25.7 Å². The van der Waals surface area contributed by atoms with Gasteiger partial charge in [0.25, 0.3) is 0 Å². The summed E-state index contributed by atoms with van der Waals surface area (Å²) in [5.74, 6) is -0.846. The van der Waals surface area contributed by atoms with E-state index in [0.717, 1.165) is 38.5 Å². The summed E-state index contributed by atoms with van der Waals surface area (Å²) in [6.45, 7) is 0.565. The molecule has 3 aliphatic heterocycles. The largest absolute Gasteiger partial charge is 0.376 e. The quantitative estimate of drug-likeness (QED) is 0.760. The monoisotopic (exact) mass is 354 g/mol. The fraction of sp³-hybridized carbons (Fsp3) is 1.00. The van der Waals surface area contributed by atoms with Gasteiger partial charge in [0.2, 0.25) is 0 Å². The first-order chi connectivity index (χ1) is 12.2. The summed E-state index contributed by atoms with van der Waals surface area (Å²) in [5.41, 5.74) is 0. The van der Waals surface area contributed by atoms with Gasteiger partial charge in [-0.1, -0.05) is 12.8 Å². The number of fused-ring (bicyclic) bond motifs is 1. The van der Waals surface area contributed by atoms with Crippen LogP contribution in [0, 0.1) is 0 Å². The lowest BCUT2D eigenvalue weighted by atomic mass is 9.94. The predicted molar refractivity (Wildman–Crippen MR) is 87.9 cm³/mol. The van der Waals surface area contributed by atoms with Crippen molar-refractivity contribution in [1.29, 1.82) is 0 Å². The first kappa shape index (κ1) is 16.9. The molecule has 0 unspecified atom stereocenters. The van der Waals surface area contributed by atoms with Gasteiger partial charge in [-0.2, -0.15) is 0 Å². The molecular formula is C19H30O6. The molecule has 0 amide bonds. The summed E-state index contributed by atoms with van der Waals surface area (Å²) >= 11 is 0. The summed E-state index contributed by atoms with van der Waals surface area (Å²) in [6, 6.07) is 0. The van der Waals surface area contributed by atoms with Crippen LogP contribution in [0.15, 0.2) is 0 Å². The van der Waals surface area contributed by atoms with Crippen molar-refractivity contribution in [3.63, 3.8) is 0 Å². The zero-order valence-corrected chi connectivity index (χ0v) is 15.1. The standard InChI is InChI=1S/C19H30O6/c1-20-15-14(13-12-21-18(23-13)8-4-2-5-9-18)22-17-16(15)24-19(25-17)10-6-3-7-11-19/h13-17H,2-12H2,1H3/t13-,14+,15-,16+,17-/m0/s1. The van der Waals surface area contributed by atoms with E-state index in [4.69, 9.17) is 28.4 Å². The molecule has 142 valence electrons. The summed E-state index contributed by atoms with van der Waals surface area (Å²) < 4.78 is 37.1. The van der Waals surface area contributed by atoms with Crippen LogP contribution < -0.4 is 0 Å². The van der Waals surface area contributed by atoms with E-state index in [9.17, 15) is 0 Å². The Bertz CT molecular complexity index is 484. The molecular weight excluding hydrogens is 324 g/mol. The first-order valence-electron chi connectivity index (χ1n) is 10.1. The van der Waals surface area contributed by atoms with Crippen LogP contribution in [0.2, 0.25) is 0 Å². The molecule has 2 aliphatic carbocycles. The normalized spacial score (nSPS) is 45.2. The number of hydrogen-bond donors (Lipinski definition) is 0. The average Bonchev–Trinajstić information content (AvgIpc) is 3.27. The summed E-state index contributed by atoms with van der Waals surface area (Å²) in [5, 5.41) is 0. The Balaban J connectivity index is 1.27. The van der Waals surface area contributed by atoms with Gasteiger partial charge in [-0.25, -0.2) is 0 Å². The molecule has 0 N–H and O–H groups in total. The second-order valence-corrected chi connectivity index (χ2v) is 8.28. The van der Waals surface area contributed by atoms with E-state index < -0.39 is 11.6 Å². The third-order valence-electron chi connectivity index (χ3n) is 6.64. The second-order valence-electron chi connectivity index (χ2n) is 8.28. The van der Waals surface area contributed by atoms with Crippen LogP contribution in [-0.4, -0.2) is 56.0 Å². The highest BCUT2D eigenvalue weighted by molar-refractivity contribution is 5.01. The van der Waals surface area contributed by atoms with Gasteiger partial charge >= 0.3 is 0 Å². The van der Waals surface area contributed by atoms with E-state index >= 15 is 0 Å². The SMILES string of the molecule is CO[C@@H]1[C@H]2OC3(CCCCC3)O[C@@H]2O[C@@H]1[C@@H]1COC2(CCCCC2)O1. The Morgan fingerprint density at radius 2 is 1.44 bits per heavy atom. The summed E-state index contributed by atoms with van der Waals surface area (Å²) in [6.07, 6.45) is 10.1. The van der Waals surface area contributed by atoms with E-state index in [1.807, 2.05) is 0 Å². The molecule has 5 fully saturated rings. The minimum atomic E-state index is -0.451. The predicted octanol–water partition coefficient (Wildman–Crippen LogP) is 2.88. The highest BCUT2D eigenvalue weighted by Gasteiger charge is 2.61. The van der Waals surface area contributed by atoms with Gasteiger partial charge in [0.1, 0.15) is 24.4 Å². The van der Waals surface area contributed by atoms with Crippen molar-refractivity contribution in [2.45, 2.75) is 106 Å². The number of rotatable bonds is 2. The van der Waals surface area contributed by atoms with Crippen molar-refractivity contribution in [2.24, 2.45) is 0 Å². The highest BCUT2D eigenvalue weighted by Crippen LogP contribution is 2.48. The van der Waals surface area contributed by atoms with Gasteiger partial charge in [0.05, 0.1) is 6.61 Å². The zero-order chi connectivity index (χ0) is 16.9. The van der Waals surface area contributed by atoms with Gasteiger partial charge in [-0.15, -0.1) is 0 Å². The Morgan fingerprint density at radius 3 is 2.12 bits per heavy atom. The molecule has 6 heteroatoms. The Hall–Kier alpha value is -0.240. The number of methoxy groups -OCH3 is 1. The summed E-state index contributed by atoms with van der Waals surface area (Å²) in [7, 11) is 1.73. The van der Waals surface area contributed by atoms with Crippen molar-refractivity contribution in [2.75, 3.05) is 13.7 Å². The van der Waals surface area contributed by atoms with Crippen LogP contribution in [0.25, 0.3) is 0 Å². The van der Waals surface area contributed by atoms with Gasteiger partial charge in [-0.05, 0) is 25.7 Å². The third-order valence-corrected chi connectivity index (χ3v) is 6.64. The maximum Gasteiger partial charge on any atom is 0.190 e. The van der Waals surface area contributed by atoms with Crippen molar-refractivity contribution in [3.05, 3.63) is 0 Å². The molecule has 0 aromatic rings. The molecule has 2 spiro atoms. The molecule has 2 saturated carbocycles. The molecule has 25 heavy (non-hydrogen) atoms. The highest BCUT2D eigenvalue weighted by atomic mass is 16.8. The van der Waals surface area contributed by atoms with Gasteiger partial charge in [0, 0.05) is 32.8 Å². The van der Waals surface area contributed by atoms with Crippen LogP contribution in [0.3, 0.4) is 0 Å². The third kappa shape index (κ3) is 2.86. The lowest BCUT2D eigenvalue weighted by Gasteiger charge is -2.35. The van der Waals surface area contributed by atoms with E-state index in [-0.39, 0.29) is 30.7 Å². The fourth-order valence-corrected chi connectivity index (χ4v) is 5.34. The van der Waals surface area contributed by atoms with E-state index in [2.05, 4.69) is 0 Å². The average molecular weight is 354 g/mol. The van der Waals surface area contributed by atoms with Gasteiger partial charge in [0.15, 0.2) is 17.9 Å². The van der Waals surface area contributed by atoms with Crippen LogP contribution in [0.1, 0.15) is 64.2 Å². The van der Waals surface area contributed by atoms with Crippen LogP contribution in [-0.2, 0) is 28.4 Å². The lowest BCUT2D eigenvalue weighted by molar-refractivity contribution is -0.261. The van der Waals surface area contributed by atoms with Crippen molar-refractivity contribution >= 4 is 0 Å². The number of ether oxygens (including phenoxy) is 6. The van der Waals surface area contributed by atoms with Crippen LogP contribution in [0.5, 0.6) is 0 Å². The molecule has 5 atom stereocenters. The molecule has 3 heterocycles. The van der Waals surface area contributed by atoms with E-state index in [0.29, 0.717) is 6.61 Å². The Kier molecular flexibility index (Phi) is 4.34. The zero-order valence-electron chi connectivity index (χ0n) is 15.1. The van der Waals surface area contributed by atoms with Crippen LogP contribution in [0.4, 0.5) is 0 Å². The maximum atomic E-state index is 6.38. The van der Waals surface area contributed by atoms with Gasteiger partial charge in [-0.3, -0.25) is 0 Å². The van der Waals surface area contributed by atoms with Gasteiger partial charge < -0.3 is 28.4 Å². The first-order valence-corrected chi connectivity index (χ1v) is 10.1. The smallest absolute Gasteiger partial charge is 0.190 e. The minimum absolute atomic E-state index is 0.108. The topological polar surface area (TPSA) is 55.4 Å². The number of hydrogen-bond acceptors (Lipinski definition) is 6. The van der Waals surface area contributed by atoms with Crippen molar-refractivity contribution in [1.82, 2.24) is 0 Å². The second kappa shape index (κ2) is 6.43. The molecule has 0 aromatic carbocycles. The molecule has 6 nitrogen and oxygen atoms in total. The molecule has 0 aromatic heterocycles. The summed E-state index contributed by atoms with van der Waals surface area (Å²) in [4.78, 5) is 0. The molecule has 0 radical (unpaired) electrons. The molecule has 5 aliphatic rings. The van der Waals surface area contributed by atoms with Crippen molar-refractivity contribution in [3.8, 4) is 0 Å². The molecule has 3 saturated heterocycles. The lowest BCUT2D eigenvalue weighted by Crippen LogP contribution is -2.45. The van der Waals surface area contributed by atoms with Crippen molar-refractivity contribution < 1.29 is 28.4 Å². The molecule has 5 rings (SSSR count). The maximum absolute atomic E-state index is 6.38. The minimum Gasteiger partial charge on any atom is -0.376 e. The molecule has 0 bridgehead atoms. The van der Waals surface area contributed by atoms with E-state index in [1.54, 1.807) is 7.11 Å².